The van der Waals surface area contributed by atoms with Gasteiger partial charge in [-0.05, 0) is 34.9 Å². The van der Waals surface area contributed by atoms with E-state index >= 15 is 0 Å². The Morgan fingerprint density at radius 3 is 2.60 bits per heavy atom. The average molecular weight is 273 g/mol. The molecular weight excluding hydrogens is 250 g/mol. The minimum atomic E-state index is 0.00724. The van der Waals surface area contributed by atoms with Crippen LogP contribution in [-0.2, 0) is 11.2 Å². The van der Waals surface area contributed by atoms with E-state index in [1.54, 1.807) is 7.11 Å². The second-order valence-corrected chi connectivity index (χ2v) is 4.24. The van der Waals surface area contributed by atoms with Crippen molar-refractivity contribution in [1.29, 1.82) is 0 Å². The fraction of sp³-hybridized carbons (Fsp3) is 0.353. The predicted octanol–water partition coefficient (Wildman–Crippen LogP) is 3.55. The van der Waals surface area contributed by atoms with E-state index in [0.29, 0.717) is 6.54 Å². The van der Waals surface area contributed by atoms with E-state index in [1.807, 2.05) is 32.0 Å². The second-order valence-electron chi connectivity index (χ2n) is 4.24. The summed E-state index contributed by atoms with van der Waals surface area (Å²) in [4.78, 5) is 10.9. The van der Waals surface area contributed by atoms with Crippen LogP contribution in [-0.4, -0.2) is 19.6 Å². The molecule has 108 valence electrons. The van der Waals surface area contributed by atoms with Crippen molar-refractivity contribution in [3.05, 3.63) is 42.0 Å². The van der Waals surface area contributed by atoms with Gasteiger partial charge in [0.05, 0.1) is 7.11 Å². The van der Waals surface area contributed by atoms with Gasteiger partial charge in [0.15, 0.2) is 0 Å². The number of hydrogen-bond acceptors (Lipinski definition) is 2. The second kappa shape index (κ2) is 8.20. The van der Waals surface area contributed by atoms with Crippen LogP contribution >= 0.6 is 0 Å². The van der Waals surface area contributed by atoms with Crippen molar-refractivity contribution < 1.29 is 9.53 Å². The van der Waals surface area contributed by atoms with E-state index < -0.39 is 0 Å². The maximum atomic E-state index is 10.9. The molecular formula is C17H23NO2. The van der Waals surface area contributed by atoms with Crippen LogP contribution in [0.25, 0.3) is 10.8 Å². The third-order valence-electron chi connectivity index (χ3n) is 2.95. The molecule has 1 N–H and O–H groups in total. The first kappa shape index (κ1) is 16.0. The zero-order chi connectivity index (χ0) is 15.0. The number of rotatable bonds is 4. The van der Waals surface area contributed by atoms with Gasteiger partial charge in [0.25, 0.3) is 0 Å². The van der Waals surface area contributed by atoms with E-state index in [1.165, 1.54) is 23.3 Å². The van der Waals surface area contributed by atoms with Gasteiger partial charge in [-0.2, -0.15) is 0 Å². The third-order valence-corrected chi connectivity index (χ3v) is 2.95. The van der Waals surface area contributed by atoms with Crippen LogP contribution in [0, 0.1) is 0 Å². The van der Waals surface area contributed by atoms with E-state index in [4.69, 9.17) is 4.74 Å². The summed E-state index contributed by atoms with van der Waals surface area (Å²) in [7, 11) is 1.67. The minimum Gasteiger partial charge on any atom is -0.497 e. The number of carbonyl (C=O) groups is 1. The quantitative estimate of drug-likeness (QED) is 0.925. The Morgan fingerprint density at radius 2 is 1.95 bits per heavy atom. The molecule has 0 aromatic heterocycles. The molecule has 0 bridgehead atoms. The number of fused-ring (bicyclic) bond motifs is 1. The molecule has 0 spiro atoms. The summed E-state index contributed by atoms with van der Waals surface area (Å²) < 4.78 is 5.25. The summed E-state index contributed by atoms with van der Waals surface area (Å²) in [6.45, 7) is 6.19. The number of carbonyl (C=O) groups excluding carboxylic acids is 1. The molecule has 0 unspecified atom stereocenters. The first-order valence-corrected chi connectivity index (χ1v) is 7.01. The molecule has 1 amide bonds. The first-order valence-electron chi connectivity index (χ1n) is 7.01. The highest BCUT2D eigenvalue weighted by atomic mass is 16.5. The van der Waals surface area contributed by atoms with Crippen molar-refractivity contribution in [2.24, 2.45) is 0 Å². The van der Waals surface area contributed by atoms with Crippen molar-refractivity contribution in [3.63, 3.8) is 0 Å². The summed E-state index contributed by atoms with van der Waals surface area (Å²) in [5, 5.41) is 5.19. The Bertz CT molecular complexity index is 564. The average Bonchev–Trinajstić information content (AvgIpc) is 2.48. The maximum Gasteiger partial charge on any atom is 0.216 e. The van der Waals surface area contributed by atoms with Gasteiger partial charge in [-0.3, -0.25) is 4.79 Å². The smallest absolute Gasteiger partial charge is 0.216 e. The highest BCUT2D eigenvalue weighted by Crippen LogP contribution is 2.24. The number of benzene rings is 2. The molecule has 2 rings (SSSR count). The Balaban J connectivity index is 0.000000956. The molecule has 0 radical (unpaired) electrons. The number of ether oxygens (including phenoxy) is 1. The summed E-state index contributed by atoms with van der Waals surface area (Å²) >= 11 is 0. The highest BCUT2D eigenvalue weighted by molar-refractivity contribution is 5.87. The topological polar surface area (TPSA) is 38.3 Å². The van der Waals surface area contributed by atoms with Gasteiger partial charge in [-0.1, -0.05) is 38.1 Å². The van der Waals surface area contributed by atoms with Crippen LogP contribution in [0.1, 0.15) is 26.3 Å². The highest BCUT2D eigenvalue weighted by Gasteiger charge is 2.03. The largest absolute Gasteiger partial charge is 0.497 e. The van der Waals surface area contributed by atoms with Crippen molar-refractivity contribution in [1.82, 2.24) is 5.32 Å². The minimum absolute atomic E-state index is 0.00724. The van der Waals surface area contributed by atoms with Crippen LogP contribution < -0.4 is 10.1 Å². The van der Waals surface area contributed by atoms with Gasteiger partial charge < -0.3 is 10.1 Å². The van der Waals surface area contributed by atoms with Crippen LogP contribution in [0.15, 0.2) is 36.4 Å². The lowest BCUT2D eigenvalue weighted by atomic mass is 10.0. The maximum absolute atomic E-state index is 10.9. The third kappa shape index (κ3) is 4.26. The van der Waals surface area contributed by atoms with E-state index in [0.717, 1.165) is 12.2 Å². The molecule has 2 aromatic carbocycles. The molecule has 0 aliphatic heterocycles. The first-order chi connectivity index (χ1) is 9.70. The summed E-state index contributed by atoms with van der Waals surface area (Å²) in [5.41, 5.74) is 1.22. The molecule has 0 fully saturated rings. The van der Waals surface area contributed by atoms with Gasteiger partial charge in [0, 0.05) is 13.5 Å². The Kier molecular flexibility index (Phi) is 6.57. The SMILES string of the molecule is CC.COc1ccc2cccc(CCNC(C)=O)c2c1. The molecule has 2 aromatic rings. The van der Waals surface area contributed by atoms with Crippen LogP contribution in [0.3, 0.4) is 0 Å². The van der Waals surface area contributed by atoms with E-state index in [-0.39, 0.29) is 5.91 Å². The van der Waals surface area contributed by atoms with Crippen molar-refractivity contribution in [2.75, 3.05) is 13.7 Å². The summed E-state index contributed by atoms with van der Waals surface area (Å²) in [5.74, 6) is 0.863. The van der Waals surface area contributed by atoms with Gasteiger partial charge in [-0.15, -0.1) is 0 Å². The van der Waals surface area contributed by atoms with E-state index in [2.05, 4.69) is 23.5 Å². The lowest BCUT2D eigenvalue weighted by molar-refractivity contribution is -0.118. The van der Waals surface area contributed by atoms with Gasteiger partial charge in [0.1, 0.15) is 5.75 Å². The zero-order valence-electron chi connectivity index (χ0n) is 12.7. The normalized spacial score (nSPS) is 9.60. The molecule has 3 heteroatoms. The Hall–Kier alpha value is -2.03. The standard InChI is InChI=1S/C15H17NO2.C2H6/c1-11(17)16-9-8-13-5-3-4-12-6-7-14(18-2)10-15(12)13;1-2/h3-7,10H,8-9H2,1-2H3,(H,16,17);1-2H3. The predicted molar refractivity (Wildman–Crippen MR) is 84.2 cm³/mol. The fourth-order valence-corrected chi connectivity index (χ4v) is 2.03. The number of amides is 1. The fourth-order valence-electron chi connectivity index (χ4n) is 2.03. The molecule has 0 atom stereocenters. The Labute approximate surface area is 120 Å². The monoisotopic (exact) mass is 273 g/mol. The Morgan fingerprint density at radius 1 is 1.20 bits per heavy atom. The van der Waals surface area contributed by atoms with E-state index in [9.17, 15) is 4.79 Å². The molecule has 0 saturated heterocycles. The summed E-state index contributed by atoms with van der Waals surface area (Å²) in [6, 6.07) is 12.3. The number of hydrogen-bond donors (Lipinski definition) is 1. The number of methoxy groups -OCH3 is 1. The van der Waals surface area contributed by atoms with Gasteiger partial charge in [0.2, 0.25) is 5.91 Å². The molecule has 0 heterocycles. The van der Waals surface area contributed by atoms with Gasteiger partial charge >= 0.3 is 0 Å². The molecule has 20 heavy (non-hydrogen) atoms. The molecule has 0 saturated carbocycles. The number of nitrogens with one attached hydrogen (secondary N) is 1. The van der Waals surface area contributed by atoms with Crippen molar-refractivity contribution in [2.45, 2.75) is 27.2 Å². The zero-order valence-corrected chi connectivity index (χ0v) is 12.7. The molecule has 0 aliphatic carbocycles. The molecule has 0 aliphatic rings. The van der Waals surface area contributed by atoms with Crippen LogP contribution in [0.4, 0.5) is 0 Å². The summed E-state index contributed by atoms with van der Waals surface area (Å²) in [6.07, 6.45) is 0.823. The lowest BCUT2D eigenvalue weighted by Crippen LogP contribution is -2.22. The van der Waals surface area contributed by atoms with Crippen molar-refractivity contribution >= 4 is 16.7 Å². The van der Waals surface area contributed by atoms with Crippen LogP contribution in [0.5, 0.6) is 5.75 Å². The molecule has 3 nitrogen and oxygen atoms in total. The van der Waals surface area contributed by atoms with Crippen LogP contribution in [0.2, 0.25) is 0 Å². The van der Waals surface area contributed by atoms with Crippen molar-refractivity contribution in [3.8, 4) is 5.75 Å². The lowest BCUT2D eigenvalue weighted by Gasteiger charge is -2.08. The van der Waals surface area contributed by atoms with Gasteiger partial charge in [-0.25, -0.2) is 0 Å².